The molecule has 25 heavy (non-hydrogen) atoms. The van der Waals surface area contributed by atoms with Gasteiger partial charge in [-0.1, -0.05) is 19.9 Å². The minimum Gasteiger partial charge on any atom is -0.310 e. The standard InChI is InChI=1S/C17H19N5O2S/c1-10(2)7-15(23)19-14-9-12(13-5-4-6-25-13)21-22(14)17-18-11(3)8-16(24)20-17/h4-6,8-10H,7H2,1-3H3,(H,19,23)(H,18,20,24). The van der Waals surface area contributed by atoms with Crippen LogP contribution < -0.4 is 10.9 Å². The highest BCUT2D eigenvalue weighted by Gasteiger charge is 2.16. The van der Waals surface area contributed by atoms with Crippen LogP contribution in [0.5, 0.6) is 0 Å². The van der Waals surface area contributed by atoms with Crippen molar-refractivity contribution in [1.82, 2.24) is 19.7 Å². The van der Waals surface area contributed by atoms with Gasteiger partial charge in [0.1, 0.15) is 11.5 Å². The maximum Gasteiger partial charge on any atom is 0.252 e. The van der Waals surface area contributed by atoms with Gasteiger partial charge in [-0.25, -0.2) is 4.98 Å². The van der Waals surface area contributed by atoms with Crippen LogP contribution >= 0.6 is 11.3 Å². The normalized spacial score (nSPS) is 11.0. The van der Waals surface area contributed by atoms with Gasteiger partial charge >= 0.3 is 0 Å². The van der Waals surface area contributed by atoms with Crippen LogP contribution in [0, 0.1) is 12.8 Å². The maximum atomic E-state index is 12.2. The average molecular weight is 357 g/mol. The van der Waals surface area contributed by atoms with E-state index >= 15 is 0 Å². The number of H-pyrrole nitrogens is 1. The third-order valence-electron chi connectivity index (χ3n) is 3.40. The van der Waals surface area contributed by atoms with Gasteiger partial charge in [0.15, 0.2) is 0 Å². The van der Waals surface area contributed by atoms with E-state index in [9.17, 15) is 9.59 Å². The molecule has 0 saturated carbocycles. The molecule has 0 radical (unpaired) electrons. The largest absolute Gasteiger partial charge is 0.310 e. The molecule has 1 amide bonds. The number of nitrogens with zero attached hydrogens (tertiary/aromatic N) is 3. The molecule has 7 nitrogen and oxygen atoms in total. The zero-order valence-electron chi connectivity index (χ0n) is 14.2. The Labute approximate surface area is 148 Å². The molecular weight excluding hydrogens is 338 g/mol. The third kappa shape index (κ3) is 4.03. The van der Waals surface area contributed by atoms with Crippen LogP contribution in [0.25, 0.3) is 16.5 Å². The first kappa shape index (κ1) is 17.1. The number of anilines is 1. The molecule has 0 spiro atoms. The number of amides is 1. The first-order valence-corrected chi connectivity index (χ1v) is 8.82. The summed E-state index contributed by atoms with van der Waals surface area (Å²) in [5.74, 6) is 0.879. The predicted molar refractivity (Wildman–Crippen MR) is 98.1 cm³/mol. The van der Waals surface area contributed by atoms with Crippen molar-refractivity contribution in [2.45, 2.75) is 27.2 Å². The number of aromatic amines is 1. The van der Waals surface area contributed by atoms with Crippen LogP contribution in [-0.4, -0.2) is 25.7 Å². The Bertz CT molecular complexity index is 940. The third-order valence-corrected chi connectivity index (χ3v) is 4.29. The van der Waals surface area contributed by atoms with Gasteiger partial charge in [0, 0.05) is 24.2 Å². The number of carbonyl (C=O) groups excluding carboxylic acids is 1. The molecule has 0 aliphatic rings. The minimum atomic E-state index is -0.268. The first-order valence-electron chi connectivity index (χ1n) is 7.94. The maximum absolute atomic E-state index is 12.2. The number of carbonyl (C=O) groups is 1. The van der Waals surface area contributed by atoms with Gasteiger partial charge in [-0.3, -0.25) is 14.6 Å². The lowest BCUT2D eigenvalue weighted by Crippen LogP contribution is -2.19. The van der Waals surface area contributed by atoms with Gasteiger partial charge in [-0.05, 0) is 24.3 Å². The van der Waals surface area contributed by atoms with Crippen molar-refractivity contribution in [3.05, 3.63) is 45.7 Å². The van der Waals surface area contributed by atoms with E-state index in [4.69, 9.17) is 0 Å². The van der Waals surface area contributed by atoms with Gasteiger partial charge in [-0.2, -0.15) is 9.78 Å². The van der Waals surface area contributed by atoms with Crippen molar-refractivity contribution in [3.63, 3.8) is 0 Å². The molecule has 130 valence electrons. The molecule has 0 aliphatic carbocycles. The molecule has 3 aromatic heterocycles. The van der Waals surface area contributed by atoms with E-state index in [1.807, 2.05) is 31.4 Å². The lowest BCUT2D eigenvalue weighted by molar-refractivity contribution is -0.116. The number of aryl methyl sites for hydroxylation is 1. The SMILES string of the molecule is Cc1cc(=O)[nH]c(-n2nc(-c3cccs3)cc2NC(=O)CC(C)C)n1. The molecule has 2 N–H and O–H groups in total. The van der Waals surface area contributed by atoms with Crippen LogP contribution in [0.4, 0.5) is 5.82 Å². The summed E-state index contributed by atoms with van der Waals surface area (Å²) in [5.41, 5.74) is 1.01. The van der Waals surface area contributed by atoms with Crippen molar-refractivity contribution >= 4 is 23.1 Å². The molecule has 0 saturated heterocycles. The molecule has 3 aromatic rings. The Morgan fingerprint density at radius 1 is 1.40 bits per heavy atom. The van der Waals surface area contributed by atoms with E-state index in [2.05, 4.69) is 20.4 Å². The Hall–Kier alpha value is -2.74. The second-order valence-corrected chi connectivity index (χ2v) is 7.11. The highest BCUT2D eigenvalue weighted by Crippen LogP contribution is 2.27. The molecule has 0 atom stereocenters. The highest BCUT2D eigenvalue weighted by molar-refractivity contribution is 7.13. The summed E-state index contributed by atoms with van der Waals surface area (Å²) in [7, 11) is 0. The molecular formula is C17H19N5O2S. The van der Waals surface area contributed by atoms with Crippen molar-refractivity contribution in [2.75, 3.05) is 5.32 Å². The summed E-state index contributed by atoms with van der Waals surface area (Å²) in [6, 6.07) is 7.07. The zero-order chi connectivity index (χ0) is 18.0. The Morgan fingerprint density at radius 2 is 2.20 bits per heavy atom. The Morgan fingerprint density at radius 3 is 2.84 bits per heavy atom. The fourth-order valence-electron chi connectivity index (χ4n) is 2.40. The van der Waals surface area contributed by atoms with E-state index in [1.54, 1.807) is 24.3 Å². The summed E-state index contributed by atoms with van der Waals surface area (Å²) >= 11 is 1.55. The second kappa shape index (κ2) is 7.02. The summed E-state index contributed by atoms with van der Waals surface area (Å²) in [6.45, 7) is 5.69. The quantitative estimate of drug-likeness (QED) is 0.734. The van der Waals surface area contributed by atoms with Crippen molar-refractivity contribution in [2.24, 2.45) is 5.92 Å². The molecule has 0 fully saturated rings. The lowest BCUT2D eigenvalue weighted by Gasteiger charge is -2.09. The van der Waals surface area contributed by atoms with Crippen LogP contribution in [0.1, 0.15) is 26.0 Å². The van der Waals surface area contributed by atoms with Crippen LogP contribution in [0.15, 0.2) is 34.4 Å². The van der Waals surface area contributed by atoms with E-state index in [1.165, 1.54) is 10.7 Å². The van der Waals surface area contributed by atoms with Crippen molar-refractivity contribution in [1.29, 1.82) is 0 Å². The Kier molecular flexibility index (Phi) is 4.80. The summed E-state index contributed by atoms with van der Waals surface area (Å²) in [5, 5.41) is 9.34. The molecule has 0 aliphatic heterocycles. The van der Waals surface area contributed by atoms with Crippen molar-refractivity contribution < 1.29 is 4.79 Å². The summed E-state index contributed by atoms with van der Waals surface area (Å²) in [4.78, 5) is 31.9. The van der Waals surface area contributed by atoms with Crippen LogP contribution in [-0.2, 0) is 4.79 Å². The summed E-state index contributed by atoms with van der Waals surface area (Å²) in [6.07, 6.45) is 0.400. The smallest absolute Gasteiger partial charge is 0.252 e. The number of nitrogens with one attached hydrogen (secondary N) is 2. The highest BCUT2D eigenvalue weighted by atomic mass is 32.1. The lowest BCUT2D eigenvalue weighted by atomic mass is 10.1. The van der Waals surface area contributed by atoms with E-state index in [0.29, 0.717) is 23.6 Å². The molecule has 0 bridgehead atoms. The Balaban J connectivity index is 2.05. The predicted octanol–water partition coefficient (Wildman–Crippen LogP) is 2.98. The molecule has 3 heterocycles. The first-order chi connectivity index (χ1) is 11.9. The number of rotatable bonds is 5. The van der Waals surface area contributed by atoms with Gasteiger partial charge < -0.3 is 5.32 Å². The molecule has 8 heteroatoms. The van der Waals surface area contributed by atoms with Crippen molar-refractivity contribution in [3.8, 4) is 16.5 Å². The molecule has 3 rings (SSSR count). The number of hydrogen-bond acceptors (Lipinski definition) is 5. The topological polar surface area (TPSA) is 92.7 Å². The minimum absolute atomic E-state index is 0.108. The molecule has 0 unspecified atom stereocenters. The fourth-order valence-corrected chi connectivity index (χ4v) is 3.09. The number of hydrogen-bond donors (Lipinski definition) is 2. The van der Waals surface area contributed by atoms with Gasteiger partial charge in [-0.15, -0.1) is 11.3 Å². The van der Waals surface area contributed by atoms with Gasteiger partial charge in [0.25, 0.3) is 5.56 Å². The van der Waals surface area contributed by atoms with E-state index < -0.39 is 0 Å². The van der Waals surface area contributed by atoms with Gasteiger partial charge in [0.05, 0.1) is 4.88 Å². The average Bonchev–Trinajstić information content (AvgIpc) is 3.14. The van der Waals surface area contributed by atoms with Crippen LogP contribution in [0.3, 0.4) is 0 Å². The van der Waals surface area contributed by atoms with E-state index in [0.717, 1.165) is 4.88 Å². The second-order valence-electron chi connectivity index (χ2n) is 6.16. The summed E-state index contributed by atoms with van der Waals surface area (Å²) < 4.78 is 1.46. The zero-order valence-corrected chi connectivity index (χ0v) is 15.1. The number of thiophene rings is 1. The monoisotopic (exact) mass is 357 g/mol. The van der Waals surface area contributed by atoms with Gasteiger partial charge in [0.2, 0.25) is 11.9 Å². The number of aromatic nitrogens is 4. The van der Waals surface area contributed by atoms with Crippen LogP contribution in [0.2, 0.25) is 0 Å². The van der Waals surface area contributed by atoms with E-state index in [-0.39, 0.29) is 23.3 Å². The fraction of sp³-hybridized carbons (Fsp3) is 0.294. The molecule has 0 aromatic carbocycles.